The van der Waals surface area contributed by atoms with E-state index in [-0.39, 0.29) is 5.56 Å². The molecule has 0 aromatic heterocycles. The molecule has 0 unspecified atom stereocenters. The van der Waals surface area contributed by atoms with E-state index >= 15 is 0 Å². The van der Waals surface area contributed by atoms with E-state index < -0.39 is 23.2 Å². The minimum atomic E-state index is -1.48. The molecule has 0 saturated heterocycles. The predicted molar refractivity (Wildman–Crippen MR) is 72.8 cm³/mol. The Morgan fingerprint density at radius 3 is 2.15 bits per heavy atom. The lowest BCUT2D eigenvalue weighted by atomic mass is 9.97. The molecule has 2 aromatic carbocycles. The van der Waals surface area contributed by atoms with Crippen LogP contribution in [-0.2, 0) is 0 Å². The molecule has 4 heteroatoms. The Morgan fingerprint density at radius 2 is 1.65 bits per heavy atom. The van der Waals surface area contributed by atoms with Crippen LogP contribution in [-0.4, -0.2) is 11.1 Å². The molecule has 0 radical (unpaired) electrons. The van der Waals surface area contributed by atoms with Crippen LogP contribution in [0.25, 0.3) is 11.1 Å². The molecule has 0 aliphatic carbocycles. The highest BCUT2D eigenvalue weighted by Gasteiger charge is 2.16. The molecule has 0 heterocycles. The van der Waals surface area contributed by atoms with Crippen molar-refractivity contribution in [2.24, 2.45) is 0 Å². The van der Waals surface area contributed by atoms with Gasteiger partial charge < -0.3 is 5.11 Å². The Morgan fingerprint density at radius 1 is 1.05 bits per heavy atom. The number of halogens is 2. The number of carbonyl (C=O) groups is 1. The molecule has 104 valence electrons. The van der Waals surface area contributed by atoms with Crippen LogP contribution in [0.2, 0.25) is 0 Å². The van der Waals surface area contributed by atoms with E-state index in [0.717, 1.165) is 11.6 Å². The molecule has 0 atom stereocenters. The molecule has 2 nitrogen and oxygen atoms in total. The highest BCUT2D eigenvalue weighted by molar-refractivity contribution is 5.88. The van der Waals surface area contributed by atoms with Gasteiger partial charge in [-0.05, 0) is 29.2 Å². The van der Waals surface area contributed by atoms with Gasteiger partial charge in [-0.25, -0.2) is 13.6 Å². The summed E-state index contributed by atoms with van der Waals surface area (Å²) in [6.07, 6.45) is 0. The second kappa shape index (κ2) is 5.41. The van der Waals surface area contributed by atoms with E-state index in [4.69, 9.17) is 5.11 Å². The van der Waals surface area contributed by atoms with E-state index in [1.165, 1.54) is 0 Å². The third kappa shape index (κ3) is 2.69. The van der Waals surface area contributed by atoms with Gasteiger partial charge in [0.1, 0.15) is 11.6 Å². The fraction of sp³-hybridized carbons (Fsp3) is 0.188. The summed E-state index contributed by atoms with van der Waals surface area (Å²) in [4.78, 5) is 10.7. The number of carboxylic acid groups (broad SMARTS) is 1. The van der Waals surface area contributed by atoms with Crippen LogP contribution in [0.3, 0.4) is 0 Å². The molecule has 0 spiro atoms. The van der Waals surface area contributed by atoms with Crippen molar-refractivity contribution in [2.75, 3.05) is 0 Å². The summed E-state index contributed by atoms with van der Waals surface area (Å²) in [5.41, 5.74) is 1.01. The lowest BCUT2D eigenvalue weighted by Crippen LogP contribution is -2.02. The smallest absolute Gasteiger partial charge is 0.338 e. The van der Waals surface area contributed by atoms with Gasteiger partial charge in [0.2, 0.25) is 0 Å². The lowest BCUT2D eigenvalue weighted by Gasteiger charge is -2.09. The molecule has 2 rings (SSSR count). The van der Waals surface area contributed by atoms with Crippen LogP contribution in [0.4, 0.5) is 8.78 Å². The minimum absolute atomic E-state index is 0.0582. The van der Waals surface area contributed by atoms with Gasteiger partial charge in [-0.2, -0.15) is 0 Å². The Hall–Kier alpha value is -2.23. The van der Waals surface area contributed by atoms with Crippen molar-refractivity contribution in [3.63, 3.8) is 0 Å². The molecular weight excluding hydrogens is 262 g/mol. The summed E-state index contributed by atoms with van der Waals surface area (Å²) in [5, 5.41) is 8.74. The minimum Gasteiger partial charge on any atom is -0.478 e. The van der Waals surface area contributed by atoms with Crippen molar-refractivity contribution in [3.8, 4) is 11.1 Å². The summed E-state index contributed by atoms with van der Waals surface area (Å²) in [6, 6.07) is 8.73. The van der Waals surface area contributed by atoms with Crippen LogP contribution >= 0.6 is 0 Å². The van der Waals surface area contributed by atoms with Crippen molar-refractivity contribution in [1.29, 1.82) is 0 Å². The molecule has 0 saturated carbocycles. The van der Waals surface area contributed by atoms with Crippen LogP contribution in [0.1, 0.15) is 35.7 Å². The van der Waals surface area contributed by atoms with Gasteiger partial charge in [0.15, 0.2) is 0 Å². The first-order chi connectivity index (χ1) is 9.40. The van der Waals surface area contributed by atoms with Gasteiger partial charge in [-0.1, -0.05) is 38.1 Å². The molecule has 1 N–H and O–H groups in total. The third-order valence-electron chi connectivity index (χ3n) is 3.18. The maximum Gasteiger partial charge on any atom is 0.338 e. The molecule has 0 aliphatic heterocycles. The predicted octanol–water partition coefficient (Wildman–Crippen LogP) is 4.45. The molecule has 0 fully saturated rings. The zero-order chi connectivity index (χ0) is 14.9. The first-order valence-electron chi connectivity index (χ1n) is 6.23. The van der Waals surface area contributed by atoms with E-state index in [1.54, 1.807) is 12.1 Å². The Labute approximate surface area is 115 Å². The molecule has 0 bridgehead atoms. The van der Waals surface area contributed by atoms with Crippen molar-refractivity contribution < 1.29 is 18.7 Å². The van der Waals surface area contributed by atoms with E-state index in [1.807, 2.05) is 26.0 Å². The first-order valence-corrected chi connectivity index (χ1v) is 6.23. The number of hydrogen-bond acceptors (Lipinski definition) is 1. The van der Waals surface area contributed by atoms with Crippen molar-refractivity contribution in [2.45, 2.75) is 19.8 Å². The number of rotatable bonds is 3. The van der Waals surface area contributed by atoms with Crippen molar-refractivity contribution >= 4 is 5.97 Å². The average molecular weight is 276 g/mol. The SMILES string of the molecule is CC(C)c1ccc(-c2cc(F)c(C(=O)O)cc2F)cc1. The Kier molecular flexibility index (Phi) is 3.84. The Bertz CT molecular complexity index is 646. The number of hydrogen-bond donors (Lipinski definition) is 1. The normalized spacial score (nSPS) is 10.8. The van der Waals surface area contributed by atoms with Crippen molar-refractivity contribution in [3.05, 3.63) is 59.2 Å². The van der Waals surface area contributed by atoms with Crippen LogP contribution < -0.4 is 0 Å². The monoisotopic (exact) mass is 276 g/mol. The average Bonchev–Trinajstić information content (AvgIpc) is 2.40. The maximum absolute atomic E-state index is 13.9. The summed E-state index contributed by atoms with van der Waals surface area (Å²) in [7, 11) is 0. The largest absolute Gasteiger partial charge is 0.478 e. The lowest BCUT2D eigenvalue weighted by molar-refractivity contribution is 0.0691. The maximum atomic E-state index is 13.9. The standard InChI is InChI=1S/C16H14F2O2/c1-9(2)10-3-5-11(6-4-10)12-7-15(18)13(16(19)20)8-14(12)17/h3-9H,1-2H3,(H,19,20). The molecule has 2 aromatic rings. The summed E-state index contributed by atoms with van der Waals surface area (Å²) < 4.78 is 27.5. The number of carboxylic acids is 1. The second-order valence-corrected chi connectivity index (χ2v) is 4.89. The number of aromatic carboxylic acids is 1. The van der Waals surface area contributed by atoms with Gasteiger partial charge >= 0.3 is 5.97 Å². The van der Waals surface area contributed by atoms with E-state index in [0.29, 0.717) is 17.5 Å². The highest BCUT2D eigenvalue weighted by Crippen LogP contribution is 2.27. The molecular formula is C16H14F2O2. The van der Waals surface area contributed by atoms with Crippen LogP contribution in [0.15, 0.2) is 36.4 Å². The van der Waals surface area contributed by atoms with Gasteiger partial charge in [0, 0.05) is 5.56 Å². The molecule has 0 aliphatic rings. The first kappa shape index (κ1) is 14.2. The summed E-state index contributed by atoms with van der Waals surface area (Å²) in [5.74, 6) is -2.83. The second-order valence-electron chi connectivity index (χ2n) is 4.89. The number of benzene rings is 2. The van der Waals surface area contributed by atoms with E-state index in [9.17, 15) is 13.6 Å². The van der Waals surface area contributed by atoms with Crippen molar-refractivity contribution in [1.82, 2.24) is 0 Å². The van der Waals surface area contributed by atoms with Gasteiger partial charge in [-0.3, -0.25) is 0 Å². The van der Waals surface area contributed by atoms with Gasteiger partial charge in [0.25, 0.3) is 0 Å². The van der Waals surface area contributed by atoms with Crippen LogP contribution in [0.5, 0.6) is 0 Å². The summed E-state index contributed by atoms with van der Waals surface area (Å²) in [6.45, 7) is 4.08. The molecule has 0 amide bonds. The fourth-order valence-electron chi connectivity index (χ4n) is 1.98. The van der Waals surface area contributed by atoms with E-state index in [2.05, 4.69) is 0 Å². The zero-order valence-electron chi connectivity index (χ0n) is 11.2. The molecule has 20 heavy (non-hydrogen) atoms. The Balaban J connectivity index is 2.47. The zero-order valence-corrected chi connectivity index (χ0v) is 11.2. The summed E-state index contributed by atoms with van der Waals surface area (Å²) >= 11 is 0. The van der Waals surface area contributed by atoms with Crippen LogP contribution in [0, 0.1) is 11.6 Å². The van der Waals surface area contributed by atoms with Gasteiger partial charge in [0.05, 0.1) is 5.56 Å². The third-order valence-corrected chi connectivity index (χ3v) is 3.18. The quantitative estimate of drug-likeness (QED) is 0.899. The topological polar surface area (TPSA) is 37.3 Å². The highest BCUT2D eigenvalue weighted by atomic mass is 19.1. The van der Waals surface area contributed by atoms with Gasteiger partial charge in [-0.15, -0.1) is 0 Å². The fourth-order valence-corrected chi connectivity index (χ4v) is 1.98.